The van der Waals surface area contributed by atoms with Crippen LogP contribution in [0.3, 0.4) is 0 Å². The van der Waals surface area contributed by atoms with E-state index in [1.165, 1.54) is 51.4 Å². The van der Waals surface area contributed by atoms with E-state index in [0.717, 1.165) is 69.4 Å². The summed E-state index contributed by atoms with van der Waals surface area (Å²) in [4.78, 5) is 27.4. The number of fused-ring (bicyclic) bond motifs is 7. The lowest BCUT2D eigenvalue weighted by Crippen LogP contribution is -2.67. The fraction of sp³-hybridized carbons (Fsp3) is 0.943. The fourth-order valence-electron chi connectivity index (χ4n) is 12.6. The van der Waals surface area contributed by atoms with Gasteiger partial charge in [-0.1, -0.05) is 27.7 Å². The number of nitrogens with zero attached hydrogens (tertiary/aromatic N) is 1. The average Bonchev–Trinajstić information content (AvgIpc) is 3.34. The zero-order valence-electron chi connectivity index (χ0n) is 26.6. The fourth-order valence-corrected chi connectivity index (χ4v) is 12.6. The molecule has 4 saturated heterocycles. The van der Waals surface area contributed by atoms with Gasteiger partial charge < -0.3 is 19.7 Å². The van der Waals surface area contributed by atoms with E-state index in [0.29, 0.717) is 34.7 Å². The van der Waals surface area contributed by atoms with Crippen molar-refractivity contribution >= 4 is 11.8 Å². The molecule has 4 aliphatic carbocycles. The van der Waals surface area contributed by atoms with Crippen molar-refractivity contribution in [2.24, 2.45) is 57.7 Å². The molecule has 0 radical (unpaired) electrons. The molecule has 0 bridgehead atoms. The van der Waals surface area contributed by atoms with E-state index in [1.807, 2.05) is 4.90 Å². The SMILES string of the molecule is C[C@@H]1CC[C@@]2(NC1)O[C@H]1C[C@H]3[C@@H]4CC[C@H]5C[C@@H](NC(=O)CC(=O)N6CC7(COC7)C6)CC[C@]5(C)[C@H]4CC[C@]3(C)[C@H]1[C@@H]2C. The second-order valence-corrected chi connectivity index (χ2v) is 17.3. The van der Waals surface area contributed by atoms with Crippen molar-refractivity contribution < 1.29 is 19.1 Å². The minimum atomic E-state index is -0.0767. The van der Waals surface area contributed by atoms with Gasteiger partial charge in [-0.15, -0.1) is 0 Å². The molecule has 2 N–H and O–H groups in total. The summed E-state index contributed by atoms with van der Waals surface area (Å²) in [6.07, 6.45) is 12.9. The Morgan fingerprint density at radius 2 is 1.71 bits per heavy atom. The number of hydrogen-bond acceptors (Lipinski definition) is 5. The van der Waals surface area contributed by atoms with E-state index in [9.17, 15) is 9.59 Å². The molecule has 7 nitrogen and oxygen atoms in total. The molecule has 8 rings (SSSR count). The van der Waals surface area contributed by atoms with Crippen LogP contribution in [0.25, 0.3) is 0 Å². The Hall–Kier alpha value is -1.18. The Kier molecular flexibility index (Phi) is 6.51. The molecule has 0 aromatic rings. The van der Waals surface area contributed by atoms with Crippen molar-refractivity contribution in [3.8, 4) is 0 Å². The topological polar surface area (TPSA) is 79.9 Å². The van der Waals surface area contributed by atoms with E-state index >= 15 is 0 Å². The molecule has 4 saturated carbocycles. The minimum Gasteiger partial charge on any atom is -0.380 e. The number of carbonyl (C=O) groups is 2. The van der Waals surface area contributed by atoms with E-state index < -0.39 is 0 Å². The number of amides is 2. The Morgan fingerprint density at radius 3 is 2.43 bits per heavy atom. The lowest BCUT2D eigenvalue weighted by Gasteiger charge is -2.61. The smallest absolute Gasteiger partial charge is 0.232 e. The van der Waals surface area contributed by atoms with Crippen molar-refractivity contribution in [2.45, 2.75) is 116 Å². The number of likely N-dealkylation sites (tertiary alicyclic amines) is 1. The van der Waals surface area contributed by atoms with Gasteiger partial charge in [0.2, 0.25) is 11.8 Å². The van der Waals surface area contributed by atoms with Gasteiger partial charge in [0.15, 0.2) is 0 Å². The molecule has 8 fully saturated rings. The maximum Gasteiger partial charge on any atom is 0.232 e. The van der Waals surface area contributed by atoms with E-state index in [4.69, 9.17) is 9.47 Å². The van der Waals surface area contributed by atoms with Crippen LogP contribution in [0.2, 0.25) is 0 Å². The zero-order chi connectivity index (χ0) is 29.1. The normalized spacial score (nSPS) is 52.0. The maximum atomic E-state index is 12.9. The lowest BCUT2D eigenvalue weighted by atomic mass is 9.44. The van der Waals surface area contributed by atoms with E-state index in [-0.39, 0.29) is 35.4 Å². The Morgan fingerprint density at radius 1 is 0.929 bits per heavy atom. The van der Waals surface area contributed by atoms with Gasteiger partial charge in [0.1, 0.15) is 12.1 Å². The minimum absolute atomic E-state index is 0.00100. The van der Waals surface area contributed by atoms with Crippen molar-refractivity contribution in [3.63, 3.8) is 0 Å². The van der Waals surface area contributed by atoms with Crippen molar-refractivity contribution in [1.82, 2.24) is 15.5 Å². The summed E-state index contributed by atoms with van der Waals surface area (Å²) in [7, 11) is 0. The van der Waals surface area contributed by atoms with Gasteiger partial charge in [-0.3, -0.25) is 14.9 Å². The second kappa shape index (κ2) is 9.66. The van der Waals surface area contributed by atoms with Crippen LogP contribution in [-0.4, -0.2) is 67.4 Å². The van der Waals surface area contributed by atoms with Gasteiger partial charge in [0.05, 0.1) is 24.7 Å². The Bertz CT molecular complexity index is 1110. The van der Waals surface area contributed by atoms with Crippen molar-refractivity contribution in [2.75, 3.05) is 32.8 Å². The Labute approximate surface area is 253 Å². The van der Waals surface area contributed by atoms with Crippen LogP contribution in [0, 0.1) is 57.7 Å². The number of ether oxygens (including phenoxy) is 2. The third-order valence-electron chi connectivity index (χ3n) is 15.0. The van der Waals surface area contributed by atoms with Gasteiger partial charge in [-0.2, -0.15) is 0 Å². The molecule has 4 heterocycles. The highest BCUT2D eigenvalue weighted by Gasteiger charge is 2.68. The van der Waals surface area contributed by atoms with Crippen LogP contribution in [0.4, 0.5) is 0 Å². The summed E-state index contributed by atoms with van der Waals surface area (Å²) in [5, 5.41) is 7.20. The van der Waals surface area contributed by atoms with Gasteiger partial charge in [-0.05, 0) is 111 Å². The maximum absolute atomic E-state index is 12.9. The lowest BCUT2D eigenvalue weighted by molar-refractivity contribution is -0.195. The van der Waals surface area contributed by atoms with Crippen LogP contribution in [0.15, 0.2) is 0 Å². The van der Waals surface area contributed by atoms with Crippen molar-refractivity contribution in [3.05, 3.63) is 0 Å². The van der Waals surface area contributed by atoms with Crippen LogP contribution >= 0.6 is 0 Å². The summed E-state index contributed by atoms with van der Waals surface area (Å²) in [5.74, 6) is 5.05. The monoisotopic (exact) mass is 581 g/mol. The second-order valence-electron chi connectivity index (χ2n) is 17.3. The molecule has 0 aromatic carbocycles. The highest BCUT2D eigenvalue weighted by Crippen LogP contribution is 2.71. The largest absolute Gasteiger partial charge is 0.380 e. The highest BCUT2D eigenvalue weighted by atomic mass is 16.5. The van der Waals surface area contributed by atoms with Gasteiger partial charge in [-0.25, -0.2) is 0 Å². The molecule has 234 valence electrons. The number of carbonyl (C=O) groups excluding carboxylic acids is 2. The molecule has 2 amide bonds. The van der Waals surface area contributed by atoms with Crippen LogP contribution < -0.4 is 10.6 Å². The summed E-state index contributed by atoms with van der Waals surface area (Å²) in [6.45, 7) is 14.3. The predicted octanol–water partition coefficient (Wildman–Crippen LogP) is 4.74. The summed E-state index contributed by atoms with van der Waals surface area (Å²) < 4.78 is 12.4. The average molecular weight is 582 g/mol. The molecular formula is C35H55N3O4. The molecule has 0 unspecified atom stereocenters. The predicted molar refractivity (Wildman–Crippen MR) is 160 cm³/mol. The summed E-state index contributed by atoms with van der Waals surface area (Å²) >= 11 is 0. The third kappa shape index (κ3) is 4.07. The first kappa shape index (κ1) is 28.3. The Balaban J connectivity index is 0.890. The summed E-state index contributed by atoms with van der Waals surface area (Å²) in [5.41, 5.74) is 0.908. The van der Waals surface area contributed by atoms with Crippen LogP contribution in [0.5, 0.6) is 0 Å². The zero-order valence-corrected chi connectivity index (χ0v) is 26.6. The molecule has 12 atom stereocenters. The van der Waals surface area contributed by atoms with Crippen LogP contribution in [-0.2, 0) is 19.1 Å². The van der Waals surface area contributed by atoms with Gasteiger partial charge in [0.25, 0.3) is 0 Å². The van der Waals surface area contributed by atoms with Gasteiger partial charge in [0, 0.05) is 31.6 Å². The molecule has 4 aliphatic heterocycles. The number of rotatable bonds is 3. The van der Waals surface area contributed by atoms with E-state index in [2.05, 4.69) is 38.3 Å². The van der Waals surface area contributed by atoms with Gasteiger partial charge >= 0.3 is 0 Å². The standard InChI is InChI=1S/C35H55N3O4/c1-21-7-12-35(36-16-21)22(2)31-28(42-35)14-27-25-6-5-23-13-24(8-10-32(23,3)26(25)9-11-33(27,31)4)37-29(39)15-30(40)38-17-34(18-38)19-41-20-34/h21-28,31,36H,5-20H2,1-4H3,(H,37,39)/t21-,22+,23+,24+,25-,26+,27+,28+,31+,32+,33+,35-/m1/s1. The number of nitrogens with one attached hydrogen (secondary N) is 2. The first-order chi connectivity index (χ1) is 20.0. The van der Waals surface area contributed by atoms with Crippen molar-refractivity contribution in [1.29, 1.82) is 0 Å². The highest BCUT2D eigenvalue weighted by molar-refractivity contribution is 5.97. The molecule has 42 heavy (non-hydrogen) atoms. The first-order valence-electron chi connectivity index (χ1n) is 17.6. The molecule has 2 spiro atoms. The molecular weight excluding hydrogens is 526 g/mol. The third-order valence-corrected chi connectivity index (χ3v) is 15.0. The number of hydrogen-bond donors (Lipinski definition) is 2. The molecule has 0 aromatic heterocycles. The quantitative estimate of drug-likeness (QED) is 0.471. The number of piperidine rings is 1. The summed E-state index contributed by atoms with van der Waals surface area (Å²) in [6, 6.07) is 0.221. The van der Waals surface area contributed by atoms with E-state index in [1.54, 1.807) is 0 Å². The first-order valence-corrected chi connectivity index (χ1v) is 17.6. The molecule has 8 aliphatic rings. The van der Waals surface area contributed by atoms with Crippen LogP contribution in [0.1, 0.15) is 98.3 Å². The molecule has 7 heteroatoms.